The average molecular weight is 399 g/mol. The highest BCUT2D eigenvalue weighted by Crippen LogP contribution is 2.23. The second-order valence-corrected chi connectivity index (χ2v) is 6.48. The molecule has 0 spiro atoms. The maximum atomic E-state index is 12.8. The first kappa shape index (κ1) is 21.9. The Labute approximate surface area is 170 Å². The van der Waals surface area contributed by atoms with Crippen LogP contribution in [0.25, 0.3) is 0 Å². The first-order valence-corrected chi connectivity index (χ1v) is 9.16. The Morgan fingerprint density at radius 3 is 2.07 bits per heavy atom. The lowest BCUT2D eigenvalue weighted by atomic mass is 10.1. The Morgan fingerprint density at radius 2 is 1.55 bits per heavy atom. The fourth-order valence-electron chi connectivity index (χ4n) is 2.72. The normalized spacial score (nSPS) is 11.3. The Morgan fingerprint density at radius 1 is 0.966 bits per heavy atom. The molecule has 1 unspecified atom stereocenters. The van der Waals surface area contributed by atoms with Crippen LogP contribution >= 0.6 is 0 Å². The van der Waals surface area contributed by atoms with Gasteiger partial charge in [-0.15, -0.1) is 0 Å². The van der Waals surface area contributed by atoms with E-state index in [1.54, 1.807) is 0 Å². The van der Waals surface area contributed by atoms with Crippen LogP contribution in [-0.2, 0) is 14.3 Å². The topological polar surface area (TPSA) is 90.9 Å². The number of benzene rings is 2. The van der Waals surface area contributed by atoms with E-state index < -0.39 is 23.9 Å². The molecule has 0 aromatic heterocycles. The summed E-state index contributed by atoms with van der Waals surface area (Å²) in [7, 11) is 2.47. The summed E-state index contributed by atoms with van der Waals surface area (Å²) in [6.07, 6.45) is -0.321. The summed E-state index contributed by atoms with van der Waals surface area (Å²) in [6.45, 7) is 5.73. The number of ether oxygens (including phenoxy) is 3. The molecule has 7 heteroatoms. The molecule has 0 radical (unpaired) electrons. The van der Waals surface area contributed by atoms with E-state index in [-0.39, 0.29) is 16.8 Å². The van der Waals surface area contributed by atoms with E-state index in [0.29, 0.717) is 12.2 Å². The molecule has 0 bridgehead atoms. The van der Waals surface area contributed by atoms with E-state index in [2.05, 4.69) is 5.32 Å². The van der Waals surface area contributed by atoms with Gasteiger partial charge in [-0.25, -0.2) is 9.59 Å². The van der Waals surface area contributed by atoms with Gasteiger partial charge in [-0.2, -0.15) is 0 Å². The number of anilines is 1. The first-order valence-electron chi connectivity index (χ1n) is 9.16. The van der Waals surface area contributed by atoms with Crippen molar-refractivity contribution in [2.24, 2.45) is 0 Å². The van der Waals surface area contributed by atoms with E-state index in [1.807, 2.05) is 39.0 Å². The van der Waals surface area contributed by atoms with Crippen LogP contribution in [0.15, 0.2) is 36.4 Å². The van der Waals surface area contributed by atoms with Crippen LogP contribution in [0.2, 0.25) is 0 Å². The molecule has 0 saturated heterocycles. The molecule has 1 amide bonds. The van der Waals surface area contributed by atoms with Gasteiger partial charge in [0.05, 0.1) is 25.3 Å². The maximum absolute atomic E-state index is 12.8. The molecular weight excluding hydrogens is 374 g/mol. The molecular formula is C22H25NO6. The number of hydrogen-bond donors (Lipinski definition) is 1. The van der Waals surface area contributed by atoms with Crippen molar-refractivity contribution in [1.82, 2.24) is 0 Å². The van der Waals surface area contributed by atoms with Gasteiger partial charge < -0.3 is 19.5 Å². The van der Waals surface area contributed by atoms with Crippen LogP contribution in [0.1, 0.15) is 45.2 Å². The number of carbonyl (C=O) groups excluding carboxylic acids is 3. The third kappa shape index (κ3) is 5.34. The first-order chi connectivity index (χ1) is 13.8. The van der Waals surface area contributed by atoms with Gasteiger partial charge in [0.25, 0.3) is 5.91 Å². The third-order valence-electron chi connectivity index (χ3n) is 4.53. The lowest BCUT2D eigenvalue weighted by Gasteiger charge is -2.19. The van der Waals surface area contributed by atoms with Crippen molar-refractivity contribution in [3.05, 3.63) is 58.7 Å². The van der Waals surface area contributed by atoms with E-state index in [1.165, 1.54) is 32.4 Å². The van der Waals surface area contributed by atoms with Crippen LogP contribution in [0, 0.1) is 13.8 Å². The smallest absolute Gasteiger partial charge is 0.337 e. The summed E-state index contributed by atoms with van der Waals surface area (Å²) in [4.78, 5) is 36.6. The van der Waals surface area contributed by atoms with Crippen molar-refractivity contribution >= 4 is 23.5 Å². The Kier molecular flexibility index (Phi) is 7.36. The van der Waals surface area contributed by atoms with Crippen LogP contribution in [0.4, 0.5) is 5.69 Å². The maximum Gasteiger partial charge on any atom is 0.337 e. The monoisotopic (exact) mass is 399 g/mol. The number of nitrogens with one attached hydrogen (secondary N) is 1. The predicted molar refractivity (Wildman–Crippen MR) is 108 cm³/mol. The van der Waals surface area contributed by atoms with Gasteiger partial charge >= 0.3 is 11.9 Å². The Hall–Kier alpha value is -3.35. The zero-order valence-electron chi connectivity index (χ0n) is 17.2. The van der Waals surface area contributed by atoms with Crippen LogP contribution < -0.4 is 10.1 Å². The SMILES string of the molecule is CCC(Oc1cccc(C)c1C)C(=O)Nc1cc(C(=O)OC)cc(C(=O)OC)c1. The molecule has 0 aliphatic carbocycles. The molecule has 29 heavy (non-hydrogen) atoms. The Balaban J connectivity index is 2.28. The number of esters is 2. The quantitative estimate of drug-likeness (QED) is 0.715. The number of methoxy groups -OCH3 is 2. The molecule has 0 aliphatic heterocycles. The van der Waals surface area contributed by atoms with Crippen molar-refractivity contribution in [2.45, 2.75) is 33.3 Å². The van der Waals surface area contributed by atoms with Crippen molar-refractivity contribution in [2.75, 3.05) is 19.5 Å². The third-order valence-corrected chi connectivity index (χ3v) is 4.53. The number of hydrogen-bond acceptors (Lipinski definition) is 6. The highest BCUT2D eigenvalue weighted by atomic mass is 16.5. The fraction of sp³-hybridized carbons (Fsp3) is 0.318. The average Bonchev–Trinajstić information content (AvgIpc) is 2.73. The molecule has 2 rings (SSSR count). The number of amides is 1. The molecule has 2 aromatic rings. The van der Waals surface area contributed by atoms with E-state index in [4.69, 9.17) is 14.2 Å². The highest BCUT2D eigenvalue weighted by Gasteiger charge is 2.21. The van der Waals surface area contributed by atoms with Crippen LogP contribution in [0.5, 0.6) is 5.75 Å². The minimum atomic E-state index is -0.751. The molecule has 0 saturated carbocycles. The molecule has 7 nitrogen and oxygen atoms in total. The van der Waals surface area contributed by atoms with Gasteiger partial charge in [0, 0.05) is 5.69 Å². The summed E-state index contributed by atoms with van der Waals surface area (Å²) in [5.74, 6) is -1.04. The lowest BCUT2D eigenvalue weighted by molar-refractivity contribution is -0.122. The summed E-state index contributed by atoms with van der Waals surface area (Å²) >= 11 is 0. The lowest BCUT2D eigenvalue weighted by Crippen LogP contribution is -2.32. The molecule has 0 fully saturated rings. The summed E-state index contributed by atoms with van der Waals surface area (Å²) < 4.78 is 15.3. The number of carbonyl (C=O) groups is 3. The second-order valence-electron chi connectivity index (χ2n) is 6.48. The highest BCUT2D eigenvalue weighted by molar-refractivity contribution is 6.00. The van der Waals surface area contributed by atoms with E-state index >= 15 is 0 Å². The molecule has 1 atom stereocenters. The molecule has 154 valence electrons. The van der Waals surface area contributed by atoms with Crippen molar-refractivity contribution in [3.63, 3.8) is 0 Å². The molecule has 2 aromatic carbocycles. The largest absolute Gasteiger partial charge is 0.480 e. The molecule has 1 N–H and O–H groups in total. The number of rotatable bonds is 7. The summed E-state index contributed by atoms with van der Waals surface area (Å²) in [5.41, 5.74) is 2.52. The van der Waals surface area contributed by atoms with Gasteiger partial charge in [0.2, 0.25) is 0 Å². The van der Waals surface area contributed by atoms with Crippen molar-refractivity contribution in [3.8, 4) is 5.75 Å². The van der Waals surface area contributed by atoms with Crippen molar-refractivity contribution < 1.29 is 28.6 Å². The van der Waals surface area contributed by atoms with Gasteiger partial charge in [0.15, 0.2) is 6.10 Å². The molecule has 0 aliphatic rings. The van der Waals surface area contributed by atoms with E-state index in [9.17, 15) is 14.4 Å². The second kappa shape index (κ2) is 9.73. The summed E-state index contributed by atoms with van der Waals surface area (Å²) in [5, 5.41) is 2.71. The standard InChI is InChI=1S/C22H25NO6/c1-6-18(29-19-9-7-8-13(2)14(19)3)20(24)23-17-11-15(21(25)27-4)10-16(12-17)22(26)28-5/h7-12,18H,6H2,1-5H3,(H,23,24). The summed E-state index contributed by atoms with van der Waals surface area (Å²) in [6, 6.07) is 9.85. The van der Waals surface area contributed by atoms with Crippen LogP contribution in [0.3, 0.4) is 0 Å². The van der Waals surface area contributed by atoms with Gasteiger partial charge in [-0.05, 0) is 55.7 Å². The van der Waals surface area contributed by atoms with E-state index in [0.717, 1.165) is 11.1 Å². The van der Waals surface area contributed by atoms with Crippen LogP contribution in [-0.4, -0.2) is 38.2 Å². The minimum absolute atomic E-state index is 0.120. The Bertz CT molecular complexity index is 887. The van der Waals surface area contributed by atoms with Gasteiger partial charge in [0.1, 0.15) is 5.75 Å². The minimum Gasteiger partial charge on any atom is -0.480 e. The zero-order chi connectivity index (χ0) is 21.6. The zero-order valence-corrected chi connectivity index (χ0v) is 17.2. The number of aryl methyl sites for hydroxylation is 1. The van der Waals surface area contributed by atoms with Gasteiger partial charge in [-0.1, -0.05) is 19.1 Å². The fourth-order valence-corrected chi connectivity index (χ4v) is 2.72. The molecule has 0 heterocycles. The predicted octanol–water partition coefficient (Wildman–Crippen LogP) is 3.67. The van der Waals surface area contributed by atoms with Gasteiger partial charge in [-0.3, -0.25) is 4.79 Å². The van der Waals surface area contributed by atoms with Crippen molar-refractivity contribution in [1.29, 1.82) is 0 Å².